The number of urea groups is 1. The second-order valence-corrected chi connectivity index (χ2v) is 14.7. The first-order valence-electron chi connectivity index (χ1n) is 17.3. The molecule has 0 aromatic heterocycles. The SMILES string of the molecule is C#CCCC(NC(=O)[C@@H]1[C@@H](C(C)C)CCN1C(=O)[C@@H](NC(=O)NC1(Cc2ccccc2)CCCCC1)C(C)(C)C)C(=O)C(=O)NCC=C. The van der Waals surface area contributed by atoms with Crippen LogP contribution in [0.2, 0.25) is 0 Å². The number of hydrogen-bond donors (Lipinski definition) is 4. The van der Waals surface area contributed by atoms with Gasteiger partial charge in [0.05, 0.1) is 6.04 Å². The minimum absolute atomic E-state index is 0.0443. The molecule has 2 aliphatic rings. The van der Waals surface area contributed by atoms with Crippen molar-refractivity contribution in [3.05, 3.63) is 48.6 Å². The van der Waals surface area contributed by atoms with Gasteiger partial charge >= 0.3 is 6.03 Å². The first kappa shape index (κ1) is 38.3. The molecular weight excluding hydrogens is 606 g/mol. The largest absolute Gasteiger partial charge is 0.346 e. The van der Waals surface area contributed by atoms with Gasteiger partial charge in [-0.2, -0.15) is 0 Å². The van der Waals surface area contributed by atoms with Gasteiger partial charge < -0.3 is 26.2 Å². The average Bonchev–Trinajstić information content (AvgIpc) is 3.50. The van der Waals surface area contributed by atoms with Crippen molar-refractivity contribution in [2.75, 3.05) is 13.1 Å². The monoisotopic (exact) mass is 661 g/mol. The Morgan fingerprint density at radius 2 is 1.73 bits per heavy atom. The van der Waals surface area contributed by atoms with Crippen LogP contribution in [0.25, 0.3) is 0 Å². The molecule has 48 heavy (non-hydrogen) atoms. The van der Waals surface area contributed by atoms with Crippen LogP contribution >= 0.6 is 0 Å². The lowest BCUT2D eigenvalue weighted by molar-refractivity contribution is -0.144. The highest BCUT2D eigenvalue weighted by Gasteiger charge is 2.48. The number of Topliss-reactive ketones (excluding diaryl/α,β-unsaturated/α-hetero) is 1. The van der Waals surface area contributed by atoms with Crippen LogP contribution in [0.4, 0.5) is 4.79 Å². The molecule has 1 heterocycles. The third-order valence-corrected chi connectivity index (χ3v) is 9.66. The summed E-state index contributed by atoms with van der Waals surface area (Å²) in [6.45, 7) is 13.6. The molecule has 1 aromatic rings. The third-order valence-electron chi connectivity index (χ3n) is 9.66. The van der Waals surface area contributed by atoms with E-state index in [-0.39, 0.29) is 37.1 Å². The van der Waals surface area contributed by atoms with Crippen LogP contribution in [0.5, 0.6) is 0 Å². The number of terminal acetylenes is 1. The van der Waals surface area contributed by atoms with Crippen molar-refractivity contribution in [3.63, 3.8) is 0 Å². The number of ketones is 1. The maximum Gasteiger partial charge on any atom is 0.315 e. The third kappa shape index (κ3) is 10.2. The number of rotatable bonds is 14. The molecule has 2 fully saturated rings. The summed E-state index contributed by atoms with van der Waals surface area (Å²) in [6.07, 6.45) is 13.3. The quantitative estimate of drug-likeness (QED) is 0.134. The Morgan fingerprint density at radius 3 is 2.31 bits per heavy atom. The normalized spacial score (nSPS) is 20.1. The molecule has 1 aliphatic heterocycles. The Bertz CT molecular complexity index is 1340. The lowest BCUT2D eigenvalue weighted by Crippen LogP contribution is -2.63. The van der Waals surface area contributed by atoms with Gasteiger partial charge in [-0.3, -0.25) is 19.2 Å². The topological polar surface area (TPSA) is 137 Å². The maximum absolute atomic E-state index is 14.4. The fraction of sp³-hybridized carbons (Fsp3) is 0.605. The maximum atomic E-state index is 14.4. The molecule has 1 aromatic carbocycles. The van der Waals surface area contributed by atoms with E-state index in [9.17, 15) is 24.0 Å². The number of carbonyl (C=O) groups excluding carboxylic acids is 5. The van der Waals surface area contributed by atoms with E-state index in [4.69, 9.17) is 6.42 Å². The van der Waals surface area contributed by atoms with Crippen molar-refractivity contribution in [2.24, 2.45) is 17.3 Å². The molecule has 10 heteroatoms. The summed E-state index contributed by atoms with van der Waals surface area (Å²) in [7, 11) is 0. The number of likely N-dealkylation sites (tertiary alicyclic amines) is 1. The Kier molecular flexibility index (Phi) is 13.8. The van der Waals surface area contributed by atoms with Crippen LogP contribution < -0.4 is 21.3 Å². The molecule has 1 aliphatic carbocycles. The summed E-state index contributed by atoms with van der Waals surface area (Å²) in [5, 5.41) is 11.5. The minimum Gasteiger partial charge on any atom is -0.346 e. The van der Waals surface area contributed by atoms with Gasteiger partial charge in [0.1, 0.15) is 12.1 Å². The Morgan fingerprint density at radius 1 is 1.06 bits per heavy atom. The summed E-state index contributed by atoms with van der Waals surface area (Å²) in [5.74, 6) is -0.226. The van der Waals surface area contributed by atoms with E-state index >= 15 is 0 Å². The molecule has 262 valence electrons. The van der Waals surface area contributed by atoms with Crippen molar-refractivity contribution >= 4 is 29.5 Å². The van der Waals surface area contributed by atoms with Crippen LogP contribution in [-0.4, -0.2) is 71.2 Å². The molecule has 4 atom stereocenters. The van der Waals surface area contributed by atoms with Crippen LogP contribution in [0.15, 0.2) is 43.0 Å². The minimum atomic E-state index is -1.15. The summed E-state index contributed by atoms with van der Waals surface area (Å²) >= 11 is 0. The van der Waals surface area contributed by atoms with E-state index < -0.39 is 52.7 Å². The molecule has 4 N–H and O–H groups in total. The Hall–Kier alpha value is -4.13. The first-order chi connectivity index (χ1) is 22.7. The van der Waals surface area contributed by atoms with Crippen LogP contribution in [0.1, 0.15) is 91.5 Å². The zero-order valence-electron chi connectivity index (χ0n) is 29.4. The predicted molar refractivity (Wildman–Crippen MR) is 188 cm³/mol. The van der Waals surface area contributed by atoms with Gasteiger partial charge in [-0.25, -0.2) is 4.79 Å². The number of hydrogen-bond acceptors (Lipinski definition) is 5. The molecule has 0 spiro atoms. The molecule has 1 saturated heterocycles. The number of carbonyl (C=O) groups is 5. The van der Waals surface area contributed by atoms with E-state index in [1.807, 2.05) is 52.8 Å². The number of benzene rings is 1. The zero-order valence-corrected chi connectivity index (χ0v) is 29.4. The fourth-order valence-corrected chi connectivity index (χ4v) is 7.04. The number of amides is 5. The lowest BCUT2D eigenvalue weighted by atomic mass is 9.77. The highest BCUT2D eigenvalue weighted by molar-refractivity contribution is 6.38. The fourth-order valence-electron chi connectivity index (χ4n) is 7.04. The average molecular weight is 662 g/mol. The highest BCUT2D eigenvalue weighted by atomic mass is 16.2. The molecule has 1 saturated carbocycles. The van der Waals surface area contributed by atoms with E-state index in [0.29, 0.717) is 19.4 Å². The second kappa shape index (κ2) is 17.3. The first-order valence-corrected chi connectivity index (χ1v) is 17.3. The van der Waals surface area contributed by atoms with Crippen LogP contribution in [-0.2, 0) is 25.6 Å². The van der Waals surface area contributed by atoms with Crippen molar-refractivity contribution in [2.45, 2.75) is 116 Å². The van der Waals surface area contributed by atoms with E-state index in [1.165, 1.54) is 11.0 Å². The smallest absolute Gasteiger partial charge is 0.315 e. The van der Waals surface area contributed by atoms with Crippen molar-refractivity contribution < 1.29 is 24.0 Å². The predicted octanol–water partition coefficient (Wildman–Crippen LogP) is 4.29. The second-order valence-electron chi connectivity index (χ2n) is 14.7. The van der Waals surface area contributed by atoms with E-state index in [0.717, 1.165) is 37.7 Å². The van der Waals surface area contributed by atoms with E-state index in [2.05, 4.69) is 45.9 Å². The molecule has 3 rings (SSSR count). The van der Waals surface area contributed by atoms with Gasteiger partial charge in [0.2, 0.25) is 17.6 Å². The van der Waals surface area contributed by atoms with Gasteiger partial charge in [0.25, 0.3) is 5.91 Å². The highest BCUT2D eigenvalue weighted by Crippen LogP contribution is 2.34. The van der Waals surface area contributed by atoms with Gasteiger partial charge in [0.15, 0.2) is 0 Å². The Labute approximate surface area is 286 Å². The van der Waals surface area contributed by atoms with Crippen molar-refractivity contribution in [1.29, 1.82) is 0 Å². The standard InChI is InChI=1S/C38H55N5O5/c1-8-10-19-29(31(44)34(46)39-23-9-2)40-33(45)30-28(26(3)4)20-24-43(30)35(47)32(37(5,6)7)41-36(48)42-38(21-15-12-16-22-38)25-27-17-13-11-14-18-27/h1,9,11,13-14,17-18,26,28-30,32H,2,10,12,15-16,19-25H2,3-7H3,(H,39,46)(H,40,45)(H2,41,42,48)/t28-,29?,30+,32-/m1/s1. The van der Waals surface area contributed by atoms with Crippen LogP contribution in [0, 0.1) is 29.6 Å². The molecule has 0 radical (unpaired) electrons. The van der Waals surface area contributed by atoms with Gasteiger partial charge in [-0.15, -0.1) is 18.9 Å². The molecule has 0 bridgehead atoms. The molecular formula is C38H55N5O5. The summed E-state index contributed by atoms with van der Waals surface area (Å²) in [5.41, 5.74) is 0.0382. The van der Waals surface area contributed by atoms with Crippen LogP contribution in [0.3, 0.4) is 0 Å². The van der Waals surface area contributed by atoms with E-state index in [1.54, 1.807) is 0 Å². The van der Waals surface area contributed by atoms with Crippen molar-refractivity contribution in [3.8, 4) is 12.3 Å². The lowest BCUT2D eigenvalue weighted by Gasteiger charge is -2.40. The Balaban J connectivity index is 1.84. The summed E-state index contributed by atoms with van der Waals surface area (Å²) < 4.78 is 0. The molecule has 10 nitrogen and oxygen atoms in total. The summed E-state index contributed by atoms with van der Waals surface area (Å²) in [4.78, 5) is 69.3. The van der Waals surface area contributed by atoms with Crippen molar-refractivity contribution in [1.82, 2.24) is 26.2 Å². The summed E-state index contributed by atoms with van der Waals surface area (Å²) in [6, 6.07) is 6.72. The van der Waals surface area contributed by atoms with Gasteiger partial charge in [0, 0.05) is 25.0 Å². The zero-order chi connectivity index (χ0) is 35.5. The number of nitrogens with one attached hydrogen (secondary N) is 4. The van der Waals surface area contributed by atoms with Gasteiger partial charge in [-0.1, -0.05) is 90.3 Å². The molecule has 5 amide bonds. The number of nitrogens with zero attached hydrogens (tertiary/aromatic N) is 1. The molecule has 1 unspecified atom stereocenters. The van der Waals surface area contributed by atoms with Gasteiger partial charge in [-0.05, 0) is 54.9 Å².